The molecule has 6 nitrogen and oxygen atoms in total. The Morgan fingerprint density at radius 3 is 1.85 bits per heavy atom. The summed E-state index contributed by atoms with van der Waals surface area (Å²) >= 11 is 0. The zero-order chi connectivity index (χ0) is 19.3. The molecule has 0 radical (unpaired) electrons. The van der Waals surface area contributed by atoms with Gasteiger partial charge in [0.1, 0.15) is 4.90 Å². The summed E-state index contributed by atoms with van der Waals surface area (Å²) in [6.07, 6.45) is 0. The quantitative estimate of drug-likeness (QED) is 0.518. The number of benzene rings is 3. The van der Waals surface area contributed by atoms with E-state index in [9.17, 15) is 28.2 Å². The molecule has 0 fully saturated rings. The Labute approximate surface area is 154 Å². The van der Waals surface area contributed by atoms with Gasteiger partial charge < -0.3 is 10.2 Å². The van der Waals surface area contributed by atoms with Crippen LogP contribution in [0.1, 0.15) is 31.8 Å². The summed E-state index contributed by atoms with van der Waals surface area (Å²) in [6.45, 7) is 0. The molecule has 2 N–H and O–H groups in total. The number of fused-ring (bicyclic) bond motifs is 2. The highest BCUT2D eigenvalue weighted by atomic mass is 32.2. The van der Waals surface area contributed by atoms with Crippen LogP contribution in [0, 0.1) is 0 Å². The van der Waals surface area contributed by atoms with Crippen LogP contribution in [0.15, 0.2) is 70.5 Å². The lowest BCUT2D eigenvalue weighted by Crippen LogP contribution is -2.21. The molecule has 0 aliphatic heterocycles. The number of hydrogen-bond acceptors (Lipinski definition) is 6. The minimum Gasteiger partial charge on any atom is -0.504 e. The second-order valence-corrected chi connectivity index (χ2v) is 7.93. The maximum Gasteiger partial charge on any atom is 0.210 e. The molecule has 3 aromatic rings. The third-order valence-corrected chi connectivity index (χ3v) is 6.25. The minimum atomic E-state index is -4.22. The van der Waals surface area contributed by atoms with Gasteiger partial charge >= 0.3 is 0 Å². The van der Waals surface area contributed by atoms with Crippen molar-refractivity contribution < 1.29 is 28.2 Å². The van der Waals surface area contributed by atoms with Crippen molar-refractivity contribution in [3.8, 4) is 11.5 Å². The minimum absolute atomic E-state index is 0.0865. The number of carbonyl (C=O) groups excluding carboxylic acids is 2. The van der Waals surface area contributed by atoms with Crippen LogP contribution in [-0.4, -0.2) is 30.2 Å². The van der Waals surface area contributed by atoms with Gasteiger partial charge in [0, 0.05) is 16.7 Å². The van der Waals surface area contributed by atoms with Crippen LogP contribution < -0.4 is 0 Å². The van der Waals surface area contributed by atoms with Gasteiger partial charge in [-0.1, -0.05) is 42.5 Å². The first-order valence-electron chi connectivity index (χ1n) is 7.91. The van der Waals surface area contributed by atoms with Crippen molar-refractivity contribution >= 4 is 21.4 Å². The lowest BCUT2D eigenvalue weighted by atomic mass is 9.83. The highest BCUT2D eigenvalue weighted by Crippen LogP contribution is 2.43. The van der Waals surface area contributed by atoms with Crippen LogP contribution in [0.5, 0.6) is 11.5 Å². The Balaban J connectivity index is 2.01. The highest BCUT2D eigenvalue weighted by molar-refractivity contribution is 7.91. The normalized spacial score (nSPS) is 13.2. The first-order valence-corrected chi connectivity index (χ1v) is 9.40. The maximum atomic E-state index is 12.9. The van der Waals surface area contributed by atoms with E-state index in [2.05, 4.69) is 0 Å². The zero-order valence-corrected chi connectivity index (χ0v) is 14.5. The molecule has 0 heterocycles. The summed E-state index contributed by atoms with van der Waals surface area (Å²) in [7, 11) is -4.22. The van der Waals surface area contributed by atoms with E-state index in [1.54, 1.807) is 18.2 Å². The van der Waals surface area contributed by atoms with E-state index in [0.29, 0.717) is 0 Å². The van der Waals surface area contributed by atoms with Gasteiger partial charge in [-0.25, -0.2) is 8.42 Å². The lowest BCUT2D eigenvalue weighted by molar-refractivity contribution is 0.0975. The van der Waals surface area contributed by atoms with Gasteiger partial charge in [-0.3, -0.25) is 9.59 Å². The predicted molar refractivity (Wildman–Crippen MR) is 95.0 cm³/mol. The van der Waals surface area contributed by atoms with Gasteiger partial charge in [0.05, 0.1) is 10.5 Å². The number of aromatic hydroxyl groups is 2. The molecule has 0 saturated carbocycles. The summed E-state index contributed by atoms with van der Waals surface area (Å²) < 4.78 is 25.7. The topological polar surface area (TPSA) is 109 Å². The van der Waals surface area contributed by atoms with Crippen molar-refractivity contribution in [1.29, 1.82) is 0 Å². The molecular weight excluding hydrogens is 368 g/mol. The zero-order valence-electron chi connectivity index (χ0n) is 13.7. The Hall–Kier alpha value is -3.45. The third-order valence-electron chi connectivity index (χ3n) is 4.47. The molecule has 0 atom stereocenters. The second kappa shape index (κ2) is 5.78. The van der Waals surface area contributed by atoms with E-state index in [4.69, 9.17) is 0 Å². The van der Waals surface area contributed by atoms with Crippen molar-refractivity contribution in [2.24, 2.45) is 0 Å². The van der Waals surface area contributed by atoms with E-state index in [-0.39, 0.29) is 21.6 Å². The van der Waals surface area contributed by atoms with Crippen LogP contribution >= 0.6 is 0 Å². The van der Waals surface area contributed by atoms with E-state index in [1.165, 1.54) is 36.4 Å². The number of hydrogen-bond donors (Lipinski definition) is 2. The molecule has 0 aromatic heterocycles. The lowest BCUT2D eigenvalue weighted by Gasteiger charge is -2.20. The van der Waals surface area contributed by atoms with Crippen LogP contribution in [-0.2, 0) is 9.84 Å². The fraction of sp³-hybridized carbons (Fsp3) is 0. The summed E-state index contributed by atoms with van der Waals surface area (Å²) in [5.41, 5.74) is -0.460. The molecule has 4 rings (SSSR count). The van der Waals surface area contributed by atoms with Gasteiger partial charge in [0.15, 0.2) is 23.1 Å². The van der Waals surface area contributed by atoms with E-state index in [1.807, 2.05) is 0 Å². The van der Waals surface area contributed by atoms with Crippen LogP contribution in [0.3, 0.4) is 0 Å². The molecule has 7 heteroatoms. The summed E-state index contributed by atoms with van der Waals surface area (Å²) in [4.78, 5) is 24.7. The van der Waals surface area contributed by atoms with Crippen molar-refractivity contribution in [3.05, 3.63) is 82.9 Å². The summed E-state index contributed by atoms with van der Waals surface area (Å²) in [6, 6.07) is 14.3. The standard InChI is InChI=1S/C20H12O6S/c21-17-12-8-4-5-9-13(12)18(22)16-14(17)10-15(19(23)20(16)24)27(25,26)11-6-2-1-3-7-11/h1-10,23-24H. The largest absolute Gasteiger partial charge is 0.504 e. The monoisotopic (exact) mass is 380 g/mol. The summed E-state index contributed by atoms with van der Waals surface area (Å²) in [5, 5.41) is 20.7. The maximum absolute atomic E-state index is 12.9. The number of phenols is 2. The Morgan fingerprint density at radius 2 is 1.22 bits per heavy atom. The van der Waals surface area contributed by atoms with E-state index >= 15 is 0 Å². The van der Waals surface area contributed by atoms with Gasteiger partial charge in [-0.15, -0.1) is 0 Å². The number of sulfone groups is 1. The van der Waals surface area contributed by atoms with Crippen molar-refractivity contribution in [3.63, 3.8) is 0 Å². The van der Waals surface area contributed by atoms with Crippen LogP contribution in [0.2, 0.25) is 0 Å². The number of ketones is 2. The van der Waals surface area contributed by atoms with Crippen LogP contribution in [0.4, 0.5) is 0 Å². The van der Waals surface area contributed by atoms with Crippen molar-refractivity contribution in [2.75, 3.05) is 0 Å². The molecule has 27 heavy (non-hydrogen) atoms. The number of carbonyl (C=O) groups is 2. The molecule has 0 spiro atoms. The molecule has 0 bridgehead atoms. The molecular formula is C20H12O6S. The molecule has 1 aliphatic carbocycles. The SMILES string of the molecule is O=C1c2ccccc2C(=O)c2c1cc(S(=O)(=O)c1ccccc1)c(O)c2O. The average molecular weight is 380 g/mol. The molecule has 134 valence electrons. The Bertz CT molecular complexity index is 1230. The Morgan fingerprint density at radius 1 is 0.667 bits per heavy atom. The fourth-order valence-corrected chi connectivity index (χ4v) is 4.53. The summed E-state index contributed by atoms with van der Waals surface area (Å²) in [5.74, 6) is -3.13. The van der Waals surface area contributed by atoms with Crippen molar-refractivity contribution in [1.82, 2.24) is 0 Å². The molecule has 0 saturated heterocycles. The molecule has 0 unspecified atom stereocenters. The number of phenolic OH excluding ortho intramolecular Hbond substituents is 2. The average Bonchev–Trinajstić information content (AvgIpc) is 2.68. The first kappa shape index (κ1) is 17.0. The van der Waals surface area contributed by atoms with Gasteiger partial charge in [0.25, 0.3) is 0 Å². The van der Waals surface area contributed by atoms with E-state index < -0.39 is 43.4 Å². The fourth-order valence-electron chi connectivity index (χ4n) is 3.13. The first-order chi connectivity index (χ1) is 12.8. The van der Waals surface area contributed by atoms with E-state index in [0.717, 1.165) is 6.07 Å². The number of rotatable bonds is 2. The van der Waals surface area contributed by atoms with Gasteiger partial charge in [-0.05, 0) is 18.2 Å². The third kappa shape index (κ3) is 2.36. The smallest absolute Gasteiger partial charge is 0.210 e. The second-order valence-electron chi connectivity index (χ2n) is 6.01. The highest BCUT2D eigenvalue weighted by Gasteiger charge is 2.36. The van der Waals surface area contributed by atoms with Gasteiger partial charge in [-0.2, -0.15) is 0 Å². The Kier molecular flexibility index (Phi) is 3.64. The van der Waals surface area contributed by atoms with Crippen molar-refractivity contribution in [2.45, 2.75) is 9.79 Å². The molecule has 3 aromatic carbocycles. The van der Waals surface area contributed by atoms with Crippen LogP contribution in [0.25, 0.3) is 0 Å². The van der Waals surface area contributed by atoms with Gasteiger partial charge in [0.2, 0.25) is 9.84 Å². The predicted octanol–water partition coefficient (Wildman–Crippen LogP) is 2.71. The molecule has 1 aliphatic rings. The molecule has 0 amide bonds.